The monoisotopic (exact) mass is 459 g/mol. The molecule has 0 aliphatic heterocycles. The highest BCUT2D eigenvalue weighted by atomic mass is 16.6. The van der Waals surface area contributed by atoms with Gasteiger partial charge in [0.05, 0.1) is 25.5 Å². The first-order valence-corrected chi connectivity index (χ1v) is 11.1. The van der Waals surface area contributed by atoms with E-state index in [0.717, 1.165) is 45.5 Å². The molecule has 0 bridgehead atoms. The van der Waals surface area contributed by atoms with Crippen molar-refractivity contribution in [3.63, 3.8) is 0 Å². The molecular weight excluding hydrogens is 430 g/mol. The quantitative estimate of drug-likeness (QED) is 0.418. The van der Waals surface area contributed by atoms with Crippen LogP contribution in [0.2, 0.25) is 0 Å². The zero-order chi connectivity index (χ0) is 24.1. The lowest BCUT2D eigenvalue weighted by Gasteiger charge is -2.12. The number of aromatic nitrogens is 5. The Morgan fingerprint density at radius 1 is 0.971 bits per heavy atom. The molecule has 0 saturated heterocycles. The molecule has 3 N–H and O–H groups in total. The van der Waals surface area contributed by atoms with Crippen LogP contribution in [0, 0.1) is 20.8 Å². The number of hydrogen-bond acceptors (Lipinski definition) is 6. The first-order valence-electron chi connectivity index (χ1n) is 11.1. The number of amides is 1. The number of hydrogen-bond donors (Lipinski definition) is 2. The lowest BCUT2D eigenvalue weighted by atomic mass is 9.99. The van der Waals surface area contributed by atoms with Gasteiger partial charge in [-0.1, -0.05) is 46.7 Å². The lowest BCUT2D eigenvalue weighted by Crippen LogP contribution is -2.27. The van der Waals surface area contributed by atoms with Gasteiger partial charge in [0.2, 0.25) is 0 Å². The normalized spacial score (nSPS) is 10.9. The predicted octanol–water partition coefficient (Wildman–Crippen LogP) is 3.24. The third kappa shape index (κ3) is 5.87. The molecule has 34 heavy (non-hydrogen) atoms. The van der Waals surface area contributed by atoms with Crippen molar-refractivity contribution < 1.29 is 9.53 Å². The van der Waals surface area contributed by atoms with Gasteiger partial charge in [0.1, 0.15) is 0 Å². The van der Waals surface area contributed by atoms with Crippen molar-refractivity contribution in [2.75, 3.05) is 0 Å². The summed E-state index contributed by atoms with van der Waals surface area (Å²) in [6, 6.07) is 12.3. The summed E-state index contributed by atoms with van der Waals surface area (Å²) in [4.78, 5) is 12.3. The number of nitrogens with zero attached hydrogens (tertiary/aromatic N) is 5. The average Bonchev–Trinajstić information content (AvgIpc) is 3.42. The first-order chi connectivity index (χ1) is 16.4. The molecule has 4 aromatic rings. The Hall–Kier alpha value is -3.98. The Balaban J connectivity index is 1.29. The van der Waals surface area contributed by atoms with E-state index >= 15 is 0 Å². The van der Waals surface area contributed by atoms with Gasteiger partial charge in [-0.15, -0.1) is 0 Å². The molecule has 9 heteroatoms. The maximum Gasteiger partial charge on any atom is 0.414 e. The molecule has 0 unspecified atom stereocenters. The van der Waals surface area contributed by atoms with Gasteiger partial charge in [-0.25, -0.2) is 9.48 Å². The maximum atomic E-state index is 12.3. The molecule has 0 saturated carbocycles. The molecule has 176 valence electrons. The zero-order valence-electron chi connectivity index (χ0n) is 19.7. The van der Waals surface area contributed by atoms with E-state index in [1.165, 1.54) is 0 Å². The van der Waals surface area contributed by atoms with E-state index in [1.807, 2.05) is 62.1 Å². The minimum atomic E-state index is -0.577. The molecule has 2 aromatic carbocycles. The number of carbonyl (C=O) groups is 1. The number of nitrogens with one attached hydrogen (secondary N) is 1. The zero-order valence-corrected chi connectivity index (χ0v) is 19.7. The van der Waals surface area contributed by atoms with Crippen molar-refractivity contribution >= 4 is 6.09 Å². The van der Waals surface area contributed by atoms with Crippen molar-refractivity contribution in [3.05, 3.63) is 93.9 Å². The molecule has 0 radical (unpaired) electrons. The topological polar surface area (TPSA) is 113 Å². The number of rotatable bonds is 8. The van der Waals surface area contributed by atoms with Crippen LogP contribution in [0.25, 0.3) is 0 Å². The minimum Gasteiger partial charge on any atom is -0.388 e. The molecule has 0 fully saturated rings. The van der Waals surface area contributed by atoms with E-state index in [1.54, 1.807) is 10.9 Å². The summed E-state index contributed by atoms with van der Waals surface area (Å²) in [6.45, 7) is 8.12. The van der Waals surface area contributed by atoms with Gasteiger partial charge in [0, 0.05) is 19.3 Å². The number of aryl methyl sites for hydroxylation is 3. The fraction of sp³-hybridized carbons (Fsp3) is 0.280. The molecule has 1 amide bonds. The first kappa shape index (κ1) is 23.2. The summed E-state index contributed by atoms with van der Waals surface area (Å²) in [6.07, 6.45) is 4.89. The van der Waals surface area contributed by atoms with Gasteiger partial charge >= 0.3 is 6.09 Å². The summed E-state index contributed by atoms with van der Waals surface area (Å²) in [5, 5.41) is 15.1. The van der Waals surface area contributed by atoms with Gasteiger partial charge in [-0.05, 0) is 59.7 Å². The Morgan fingerprint density at radius 2 is 1.62 bits per heavy atom. The van der Waals surface area contributed by atoms with E-state index in [4.69, 9.17) is 10.5 Å². The Morgan fingerprint density at radius 3 is 2.21 bits per heavy atom. The highest BCUT2D eigenvalue weighted by molar-refractivity contribution is 5.69. The summed E-state index contributed by atoms with van der Waals surface area (Å²) in [5.41, 5.74) is 13.4. The Kier molecular flexibility index (Phi) is 7.03. The third-order valence-corrected chi connectivity index (χ3v) is 5.59. The van der Waals surface area contributed by atoms with Crippen molar-refractivity contribution in [3.8, 4) is 5.88 Å². The molecule has 9 nitrogen and oxygen atoms in total. The molecular formula is C25H29N7O2. The van der Waals surface area contributed by atoms with Crippen LogP contribution in [0.3, 0.4) is 0 Å². The van der Waals surface area contributed by atoms with Gasteiger partial charge in [0.15, 0.2) is 0 Å². The van der Waals surface area contributed by atoms with Crippen LogP contribution in [-0.4, -0.2) is 30.9 Å². The number of ether oxygens (including phenoxy) is 1. The van der Waals surface area contributed by atoms with Crippen LogP contribution < -0.4 is 15.8 Å². The smallest absolute Gasteiger partial charge is 0.388 e. The Bertz CT molecular complexity index is 1250. The van der Waals surface area contributed by atoms with Crippen LogP contribution in [0.5, 0.6) is 5.88 Å². The fourth-order valence-corrected chi connectivity index (χ4v) is 3.85. The highest BCUT2D eigenvalue weighted by Gasteiger charge is 2.11. The van der Waals surface area contributed by atoms with Crippen LogP contribution in [0.15, 0.2) is 55.0 Å². The number of benzene rings is 2. The van der Waals surface area contributed by atoms with Gasteiger partial charge < -0.3 is 15.8 Å². The summed E-state index contributed by atoms with van der Waals surface area (Å²) >= 11 is 0. The van der Waals surface area contributed by atoms with Gasteiger partial charge in [-0.3, -0.25) is 4.68 Å². The van der Waals surface area contributed by atoms with Gasteiger partial charge in [-0.2, -0.15) is 5.10 Å². The standard InChI is InChI=1S/C25H29N7O2/c1-17-11-28-31(13-17)14-20-4-6-21(7-5-20)15-32-16-24(29-30-32)34-25(33)27-12-23-18(2)8-22(10-26)9-19(23)3/h4-9,11,13,16H,10,12,14-15,26H2,1-3H3,(H,27,33). The second-order valence-corrected chi connectivity index (χ2v) is 8.44. The lowest BCUT2D eigenvalue weighted by molar-refractivity contribution is 0.198. The highest BCUT2D eigenvalue weighted by Crippen LogP contribution is 2.17. The SMILES string of the molecule is Cc1cnn(Cc2ccc(Cn3cc(OC(=O)NCc4c(C)cc(CN)cc4C)nn3)cc2)c1. The van der Waals surface area contributed by atoms with Crippen LogP contribution in [0.1, 0.15) is 38.9 Å². The van der Waals surface area contributed by atoms with Crippen molar-refractivity contribution in [1.29, 1.82) is 0 Å². The second-order valence-electron chi connectivity index (χ2n) is 8.44. The van der Waals surface area contributed by atoms with E-state index in [9.17, 15) is 4.79 Å². The molecule has 0 aliphatic carbocycles. The van der Waals surface area contributed by atoms with Crippen molar-refractivity contribution in [1.82, 2.24) is 30.1 Å². The Labute approximate surface area is 198 Å². The van der Waals surface area contributed by atoms with Crippen molar-refractivity contribution in [2.45, 2.75) is 47.0 Å². The van der Waals surface area contributed by atoms with Crippen LogP contribution in [-0.2, 0) is 26.2 Å². The average molecular weight is 460 g/mol. The van der Waals surface area contributed by atoms with E-state index < -0.39 is 6.09 Å². The summed E-state index contributed by atoms with van der Waals surface area (Å²) in [5.74, 6) is 0.148. The third-order valence-electron chi connectivity index (χ3n) is 5.59. The minimum absolute atomic E-state index is 0.148. The summed E-state index contributed by atoms with van der Waals surface area (Å²) in [7, 11) is 0. The molecule has 2 aromatic heterocycles. The molecule has 2 heterocycles. The molecule has 0 atom stereocenters. The van der Waals surface area contributed by atoms with Gasteiger partial charge in [0.25, 0.3) is 5.88 Å². The van der Waals surface area contributed by atoms with E-state index in [0.29, 0.717) is 19.6 Å². The molecule has 0 aliphatic rings. The van der Waals surface area contributed by atoms with Crippen molar-refractivity contribution in [2.24, 2.45) is 5.73 Å². The van der Waals surface area contributed by atoms with E-state index in [2.05, 4.69) is 32.9 Å². The van der Waals surface area contributed by atoms with E-state index in [-0.39, 0.29) is 5.88 Å². The predicted molar refractivity (Wildman–Crippen MR) is 128 cm³/mol. The maximum absolute atomic E-state index is 12.3. The number of carbonyl (C=O) groups excluding carboxylic acids is 1. The largest absolute Gasteiger partial charge is 0.414 e. The van der Waals surface area contributed by atoms with Crippen LogP contribution in [0.4, 0.5) is 4.79 Å². The molecule has 0 spiro atoms. The second kappa shape index (κ2) is 10.3. The summed E-state index contributed by atoms with van der Waals surface area (Å²) < 4.78 is 8.84. The van der Waals surface area contributed by atoms with Crippen LogP contribution >= 0.6 is 0 Å². The fourth-order valence-electron chi connectivity index (χ4n) is 3.85. The number of nitrogens with two attached hydrogens (primary N) is 1. The molecule has 4 rings (SSSR count).